The van der Waals surface area contributed by atoms with Crippen LogP contribution in [-0.4, -0.2) is 48.1 Å². The van der Waals surface area contributed by atoms with Crippen molar-refractivity contribution in [2.75, 3.05) is 31.1 Å². The highest BCUT2D eigenvalue weighted by Gasteiger charge is 2.55. The van der Waals surface area contributed by atoms with Crippen molar-refractivity contribution in [3.63, 3.8) is 0 Å². The molecule has 1 N–H and O–H groups in total. The molecule has 1 aromatic rings. The molecule has 2 heterocycles. The van der Waals surface area contributed by atoms with Crippen LogP contribution in [0.25, 0.3) is 0 Å². The summed E-state index contributed by atoms with van der Waals surface area (Å²) in [4.78, 5) is 28.8. The summed E-state index contributed by atoms with van der Waals surface area (Å²) in [6.07, 6.45) is 6.34. The number of carbonyl (C=O) groups excluding carboxylic acids is 1. The molecule has 0 bridgehead atoms. The van der Waals surface area contributed by atoms with Gasteiger partial charge in [0.1, 0.15) is 0 Å². The van der Waals surface area contributed by atoms with Crippen LogP contribution in [0.4, 0.5) is 5.69 Å². The predicted molar refractivity (Wildman–Crippen MR) is 95.8 cm³/mol. The van der Waals surface area contributed by atoms with E-state index in [0.29, 0.717) is 25.1 Å². The maximum Gasteiger partial charge on any atom is 0.311 e. The number of likely N-dealkylation sites (tertiary alicyclic amines) is 1. The number of carbonyl (C=O) groups is 2. The molecule has 1 amide bonds. The Kier molecular flexibility index (Phi) is 4.18. The third-order valence-corrected chi connectivity index (χ3v) is 6.42. The summed E-state index contributed by atoms with van der Waals surface area (Å²) in [5.41, 5.74) is 1.14. The van der Waals surface area contributed by atoms with Crippen molar-refractivity contribution in [3.05, 3.63) is 29.8 Å². The Morgan fingerprint density at radius 3 is 2.40 bits per heavy atom. The first-order chi connectivity index (χ1) is 12.1. The highest BCUT2D eigenvalue weighted by molar-refractivity contribution is 5.95. The van der Waals surface area contributed by atoms with Crippen LogP contribution in [0.5, 0.6) is 0 Å². The Balaban J connectivity index is 1.47. The van der Waals surface area contributed by atoms with Crippen molar-refractivity contribution in [1.82, 2.24) is 4.90 Å². The van der Waals surface area contributed by atoms with Crippen LogP contribution in [0, 0.1) is 11.3 Å². The van der Waals surface area contributed by atoms with Crippen molar-refractivity contribution < 1.29 is 14.7 Å². The topological polar surface area (TPSA) is 60.9 Å². The number of fused-ring (bicyclic) bond motifs is 1. The predicted octanol–water partition coefficient (Wildman–Crippen LogP) is 3.00. The Morgan fingerprint density at radius 1 is 1.04 bits per heavy atom. The molecule has 5 heteroatoms. The van der Waals surface area contributed by atoms with Gasteiger partial charge in [0.2, 0.25) is 0 Å². The fourth-order valence-electron chi connectivity index (χ4n) is 4.94. The largest absolute Gasteiger partial charge is 0.481 e. The van der Waals surface area contributed by atoms with Crippen LogP contribution < -0.4 is 4.90 Å². The van der Waals surface area contributed by atoms with E-state index in [9.17, 15) is 14.7 Å². The van der Waals surface area contributed by atoms with Gasteiger partial charge in [-0.1, -0.05) is 6.42 Å². The molecular formula is C20H26N2O3. The fraction of sp³-hybridized carbons (Fsp3) is 0.600. The molecular weight excluding hydrogens is 316 g/mol. The first-order valence-corrected chi connectivity index (χ1v) is 9.48. The van der Waals surface area contributed by atoms with E-state index < -0.39 is 11.4 Å². The maximum absolute atomic E-state index is 12.8. The molecule has 2 aliphatic heterocycles. The summed E-state index contributed by atoms with van der Waals surface area (Å²) < 4.78 is 0. The number of carboxylic acid groups (broad SMARTS) is 1. The Morgan fingerprint density at radius 2 is 1.76 bits per heavy atom. The summed E-state index contributed by atoms with van der Waals surface area (Å²) in [5.74, 6) is -0.646. The van der Waals surface area contributed by atoms with E-state index in [2.05, 4.69) is 4.90 Å². The Hall–Kier alpha value is -2.04. The minimum atomic E-state index is -0.731. The lowest BCUT2D eigenvalue weighted by Crippen LogP contribution is -2.37. The van der Waals surface area contributed by atoms with Crippen LogP contribution in [0.2, 0.25) is 0 Å². The zero-order valence-electron chi connectivity index (χ0n) is 14.6. The number of amides is 1. The molecule has 1 aliphatic carbocycles. The van der Waals surface area contributed by atoms with Gasteiger partial charge in [-0.05, 0) is 62.3 Å². The van der Waals surface area contributed by atoms with E-state index in [4.69, 9.17) is 0 Å². The minimum Gasteiger partial charge on any atom is -0.481 e. The molecule has 0 radical (unpaired) electrons. The number of anilines is 1. The summed E-state index contributed by atoms with van der Waals surface area (Å²) >= 11 is 0. The van der Waals surface area contributed by atoms with Gasteiger partial charge < -0.3 is 14.9 Å². The number of benzene rings is 1. The van der Waals surface area contributed by atoms with Gasteiger partial charge in [-0.25, -0.2) is 0 Å². The van der Waals surface area contributed by atoms with Gasteiger partial charge in [0.05, 0.1) is 5.41 Å². The SMILES string of the molecule is O=C(c1ccc(N2CCCCC2)cc1)N1C[C@@H]2CCC[C@@]2(C(=O)O)C1. The molecule has 4 rings (SSSR count). The molecule has 2 atom stereocenters. The zero-order valence-corrected chi connectivity index (χ0v) is 14.6. The van der Waals surface area contributed by atoms with Gasteiger partial charge >= 0.3 is 5.97 Å². The standard InChI is InChI=1S/C20H26N2O3/c23-18(22-13-16-5-4-10-20(16,14-22)19(24)25)15-6-8-17(9-7-15)21-11-2-1-3-12-21/h6-9,16H,1-5,10-14H2,(H,24,25)/t16-,20+/m0/s1. The normalized spacial score (nSPS) is 28.9. The summed E-state index contributed by atoms with van der Waals surface area (Å²) in [5, 5.41) is 9.68. The fourth-order valence-corrected chi connectivity index (χ4v) is 4.94. The smallest absolute Gasteiger partial charge is 0.311 e. The number of hydrogen-bond donors (Lipinski definition) is 1. The second-order valence-corrected chi connectivity index (χ2v) is 7.83. The number of nitrogens with zero attached hydrogens (tertiary/aromatic N) is 2. The van der Waals surface area contributed by atoms with Gasteiger partial charge in [0.25, 0.3) is 5.91 Å². The summed E-state index contributed by atoms with van der Waals surface area (Å²) in [6.45, 7) is 3.11. The summed E-state index contributed by atoms with van der Waals surface area (Å²) in [7, 11) is 0. The highest BCUT2D eigenvalue weighted by Crippen LogP contribution is 2.49. The monoisotopic (exact) mass is 342 g/mol. The van der Waals surface area contributed by atoms with Crippen LogP contribution in [0.15, 0.2) is 24.3 Å². The van der Waals surface area contributed by atoms with Crippen molar-refractivity contribution >= 4 is 17.6 Å². The number of piperidine rings is 1. The number of hydrogen-bond acceptors (Lipinski definition) is 3. The van der Waals surface area contributed by atoms with Gasteiger partial charge in [0.15, 0.2) is 0 Å². The van der Waals surface area contributed by atoms with E-state index in [0.717, 1.165) is 25.9 Å². The zero-order chi connectivity index (χ0) is 17.4. The van der Waals surface area contributed by atoms with Crippen LogP contribution in [-0.2, 0) is 4.79 Å². The molecule has 134 valence electrons. The molecule has 0 spiro atoms. The second-order valence-electron chi connectivity index (χ2n) is 7.83. The van der Waals surface area contributed by atoms with Crippen molar-refractivity contribution in [3.8, 4) is 0 Å². The van der Waals surface area contributed by atoms with E-state index in [-0.39, 0.29) is 11.8 Å². The van der Waals surface area contributed by atoms with Gasteiger partial charge in [-0.3, -0.25) is 9.59 Å². The summed E-state index contributed by atoms with van der Waals surface area (Å²) in [6, 6.07) is 7.85. The third kappa shape index (κ3) is 2.79. The number of carboxylic acids is 1. The first-order valence-electron chi connectivity index (χ1n) is 9.48. The third-order valence-electron chi connectivity index (χ3n) is 6.42. The molecule has 5 nitrogen and oxygen atoms in total. The van der Waals surface area contributed by atoms with Crippen molar-refractivity contribution in [1.29, 1.82) is 0 Å². The second kappa shape index (κ2) is 6.36. The van der Waals surface area contributed by atoms with Crippen LogP contribution in [0.3, 0.4) is 0 Å². The van der Waals surface area contributed by atoms with E-state index >= 15 is 0 Å². The Labute approximate surface area is 148 Å². The van der Waals surface area contributed by atoms with Crippen molar-refractivity contribution in [2.24, 2.45) is 11.3 Å². The average Bonchev–Trinajstić information content (AvgIpc) is 3.20. The number of rotatable bonds is 3. The van der Waals surface area contributed by atoms with Crippen molar-refractivity contribution in [2.45, 2.75) is 38.5 Å². The van der Waals surface area contributed by atoms with E-state index in [1.807, 2.05) is 24.3 Å². The van der Waals surface area contributed by atoms with Gasteiger partial charge in [0, 0.05) is 37.4 Å². The quantitative estimate of drug-likeness (QED) is 0.917. The van der Waals surface area contributed by atoms with Crippen LogP contribution >= 0.6 is 0 Å². The van der Waals surface area contributed by atoms with Crippen LogP contribution in [0.1, 0.15) is 48.9 Å². The molecule has 1 aromatic carbocycles. The molecule has 3 aliphatic rings. The van der Waals surface area contributed by atoms with E-state index in [1.54, 1.807) is 4.90 Å². The van der Waals surface area contributed by atoms with E-state index in [1.165, 1.54) is 24.9 Å². The van der Waals surface area contributed by atoms with Gasteiger partial charge in [-0.2, -0.15) is 0 Å². The maximum atomic E-state index is 12.8. The highest BCUT2D eigenvalue weighted by atomic mass is 16.4. The number of aliphatic carboxylic acids is 1. The molecule has 0 unspecified atom stereocenters. The lowest BCUT2D eigenvalue weighted by atomic mass is 9.81. The van der Waals surface area contributed by atoms with Gasteiger partial charge in [-0.15, -0.1) is 0 Å². The minimum absolute atomic E-state index is 0.0276. The molecule has 1 saturated carbocycles. The molecule has 2 saturated heterocycles. The average molecular weight is 342 g/mol. The lowest BCUT2D eigenvalue weighted by molar-refractivity contribution is -0.149. The molecule has 0 aromatic heterocycles. The Bertz CT molecular complexity index is 666. The first kappa shape index (κ1) is 16.4. The molecule has 3 fully saturated rings. The molecule has 25 heavy (non-hydrogen) atoms. The lowest BCUT2D eigenvalue weighted by Gasteiger charge is -2.29.